The van der Waals surface area contributed by atoms with Gasteiger partial charge in [-0.25, -0.2) is 0 Å². The summed E-state index contributed by atoms with van der Waals surface area (Å²) < 4.78 is 5.07. The van der Waals surface area contributed by atoms with Gasteiger partial charge in [-0.2, -0.15) is 0 Å². The molecule has 6 heteroatoms. The highest BCUT2D eigenvalue weighted by atomic mass is 16.5. The van der Waals surface area contributed by atoms with Crippen LogP contribution in [0.3, 0.4) is 0 Å². The molecule has 0 radical (unpaired) electrons. The number of amides is 2. The Labute approximate surface area is 157 Å². The molecule has 0 spiro atoms. The van der Waals surface area contributed by atoms with Gasteiger partial charge >= 0.3 is 5.97 Å². The quantitative estimate of drug-likeness (QED) is 0.451. The maximum absolute atomic E-state index is 12.6. The maximum Gasteiger partial charge on any atom is 0.326 e. The van der Waals surface area contributed by atoms with Crippen LogP contribution >= 0.6 is 0 Å². The number of benzene rings is 1. The number of hydrogen-bond acceptors (Lipinski definition) is 5. The van der Waals surface area contributed by atoms with E-state index >= 15 is 0 Å². The first kappa shape index (κ1) is 17.9. The lowest BCUT2D eigenvalue weighted by molar-refractivity contribution is -0.152. The number of carbonyl (C=O) groups is 4. The standard InChI is InChI=1S/C21H23NO5/c1-11-3-4-12(2)15(7-11)16(23)10-27-17(24)9-22-20(25)18-13-5-6-14(8-13)19(18)21(22)26/h3-4,7,13-14,18-19H,5-6,8-10H2,1-2H3/t13-,14+,18-,19-/m0/s1. The number of esters is 1. The van der Waals surface area contributed by atoms with Gasteiger partial charge in [0, 0.05) is 5.56 Å². The lowest BCUT2D eigenvalue weighted by atomic mass is 9.81. The monoisotopic (exact) mass is 369 g/mol. The molecule has 142 valence electrons. The molecule has 27 heavy (non-hydrogen) atoms. The number of carbonyl (C=O) groups excluding carboxylic acids is 4. The molecule has 4 rings (SSSR count). The first-order chi connectivity index (χ1) is 12.9. The summed E-state index contributed by atoms with van der Waals surface area (Å²) in [6.07, 6.45) is 2.94. The van der Waals surface area contributed by atoms with Crippen LogP contribution in [0.25, 0.3) is 0 Å². The summed E-state index contributed by atoms with van der Waals surface area (Å²) in [6, 6.07) is 5.52. The van der Waals surface area contributed by atoms with Crippen LogP contribution < -0.4 is 0 Å². The second-order valence-corrected chi connectivity index (χ2v) is 8.05. The number of likely N-dealkylation sites (tertiary alicyclic amines) is 1. The Hall–Kier alpha value is -2.50. The number of Topliss-reactive ketones (excluding diaryl/α,β-unsaturated/α-hetero) is 1. The molecule has 2 amide bonds. The highest BCUT2D eigenvalue weighted by Gasteiger charge is 2.61. The van der Waals surface area contributed by atoms with Crippen LogP contribution in [0, 0.1) is 37.5 Å². The molecule has 1 aromatic carbocycles. The average molecular weight is 369 g/mol. The molecule has 1 aromatic rings. The van der Waals surface area contributed by atoms with Gasteiger partial charge < -0.3 is 4.74 Å². The highest BCUT2D eigenvalue weighted by molar-refractivity contribution is 6.08. The van der Waals surface area contributed by atoms with Crippen molar-refractivity contribution in [2.45, 2.75) is 33.1 Å². The summed E-state index contributed by atoms with van der Waals surface area (Å²) in [6.45, 7) is 2.92. The van der Waals surface area contributed by atoms with E-state index in [1.165, 1.54) is 0 Å². The molecular formula is C21H23NO5. The molecular weight excluding hydrogens is 346 g/mol. The van der Waals surface area contributed by atoms with Crippen molar-refractivity contribution in [2.24, 2.45) is 23.7 Å². The summed E-state index contributed by atoms with van der Waals surface area (Å²) in [5, 5.41) is 0. The van der Waals surface area contributed by atoms with Crippen molar-refractivity contribution >= 4 is 23.6 Å². The largest absolute Gasteiger partial charge is 0.456 e. The Morgan fingerprint density at radius 3 is 2.33 bits per heavy atom. The van der Waals surface area contributed by atoms with Gasteiger partial charge in [-0.15, -0.1) is 0 Å². The molecule has 0 aromatic heterocycles. The number of ether oxygens (including phenoxy) is 1. The zero-order chi connectivity index (χ0) is 19.3. The molecule has 0 N–H and O–H groups in total. The van der Waals surface area contributed by atoms with E-state index in [-0.39, 0.29) is 41.3 Å². The van der Waals surface area contributed by atoms with Gasteiger partial charge in [0.2, 0.25) is 17.6 Å². The molecule has 2 bridgehead atoms. The van der Waals surface area contributed by atoms with E-state index in [2.05, 4.69) is 0 Å². The number of hydrogen-bond donors (Lipinski definition) is 0. The zero-order valence-corrected chi connectivity index (χ0v) is 15.6. The summed E-state index contributed by atoms with van der Waals surface area (Å²) in [5.74, 6) is -1.43. The Morgan fingerprint density at radius 2 is 1.70 bits per heavy atom. The minimum Gasteiger partial charge on any atom is -0.456 e. The van der Waals surface area contributed by atoms with Crippen molar-refractivity contribution in [3.63, 3.8) is 0 Å². The number of nitrogens with zero attached hydrogens (tertiary/aromatic N) is 1. The molecule has 1 heterocycles. The molecule has 3 aliphatic rings. The number of imide groups is 1. The topological polar surface area (TPSA) is 80.8 Å². The third-order valence-corrected chi connectivity index (χ3v) is 6.36. The van der Waals surface area contributed by atoms with Gasteiger partial charge in [0.1, 0.15) is 6.54 Å². The summed E-state index contributed by atoms with van der Waals surface area (Å²) in [5.41, 5.74) is 2.28. The molecule has 0 unspecified atom stereocenters. The van der Waals surface area contributed by atoms with E-state index in [9.17, 15) is 19.2 Å². The fourth-order valence-corrected chi connectivity index (χ4v) is 5.06. The molecule has 6 nitrogen and oxygen atoms in total. The Balaban J connectivity index is 1.36. The number of ketones is 1. The van der Waals surface area contributed by atoms with E-state index < -0.39 is 19.1 Å². The number of rotatable bonds is 5. The Kier molecular flexibility index (Phi) is 4.36. The van der Waals surface area contributed by atoms with Gasteiger partial charge in [0.15, 0.2) is 6.61 Å². The van der Waals surface area contributed by atoms with Crippen LogP contribution in [0.1, 0.15) is 40.7 Å². The van der Waals surface area contributed by atoms with Gasteiger partial charge in [-0.1, -0.05) is 17.7 Å². The molecule has 4 atom stereocenters. The third kappa shape index (κ3) is 2.97. The second kappa shape index (κ2) is 6.59. The minimum absolute atomic E-state index is 0.241. The summed E-state index contributed by atoms with van der Waals surface area (Å²) in [4.78, 5) is 50.7. The van der Waals surface area contributed by atoms with Crippen LogP contribution in [0.4, 0.5) is 0 Å². The van der Waals surface area contributed by atoms with Crippen LogP contribution in [0.5, 0.6) is 0 Å². The van der Waals surface area contributed by atoms with E-state index in [4.69, 9.17) is 4.74 Å². The first-order valence-electron chi connectivity index (χ1n) is 9.48. The normalized spacial score (nSPS) is 28.6. The SMILES string of the molecule is Cc1ccc(C)c(C(=O)COC(=O)CN2C(=O)[C@H]3[C@@H]4CC[C@@H](C4)[C@@H]3C2=O)c1. The summed E-state index contributed by atoms with van der Waals surface area (Å²) >= 11 is 0. The van der Waals surface area contributed by atoms with Crippen molar-refractivity contribution in [3.8, 4) is 0 Å². The van der Waals surface area contributed by atoms with E-state index in [1.54, 1.807) is 6.07 Å². The van der Waals surface area contributed by atoms with E-state index in [1.807, 2.05) is 26.0 Å². The second-order valence-electron chi connectivity index (χ2n) is 8.05. The van der Waals surface area contributed by atoms with E-state index in [0.717, 1.165) is 35.3 Å². The fraction of sp³-hybridized carbons (Fsp3) is 0.524. The fourth-order valence-electron chi connectivity index (χ4n) is 5.06. The molecule has 1 aliphatic heterocycles. The predicted octanol–water partition coefficient (Wildman–Crippen LogP) is 2.06. The molecule has 2 saturated carbocycles. The lowest BCUT2D eigenvalue weighted by Crippen LogP contribution is -2.38. The molecule has 2 aliphatic carbocycles. The van der Waals surface area contributed by atoms with Gasteiger partial charge in [0.05, 0.1) is 11.8 Å². The van der Waals surface area contributed by atoms with Crippen LogP contribution in [-0.2, 0) is 19.1 Å². The maximum atomic E-state index is 12.6. The van der Waals surface area contributed by atoms with Crippen LogP contribution in [0.15, 0.2) is 18.2 Å². The Morgan fingerprint density at radius 1 is 1.07 bits per heavy atom. The van der Waals surface area contributed by atoms with Crippen molar-refractivity contribution in [1.29, 1.82) is 0 Å². The van der Waals surface area contributed by atoms with Crippen molar-refractivity contribution in [3.05, 3.63) is 34.9 Å². The average Bonchev–Trinajstić information content (AvgIpc) is 3.31. The van der Waals surface area contributed by atoms with Crippen molar-refractivity contribution in [1.82, 2.24) is 4.90 Å². The highest BCUT2D eigenvalue weighted by Crippen LogP contribution is 2.56. The first-order valence-corrected chi connectivity index (χ1v) is 9.48. The third-order valence-electron chi connectivity index (χ3n) is 6.36. The molecule has 1 saturated heterocycles. The summed E-state index contributed by atoms with van der Waals surface area (Å²) in [7, 11) is 0. The lowest BCUT2D eigenvalue weighted by Gasteiger charge is -2.19. The van der Waals surface area contributed by atoms with Crippen LogP contribution in [0.2, 0.25) is 0 Å². The van der Waals surface area contributed by atoms with Crippen molar-refractivity contribution in [2.75, 3.05) is 13.2 Å². The van der Waals surface area contributed by atoms with Crippen molar-refractivity contribution < 1.29 is 23.9 Å². The van der Waals surface area contributed by atoms with Gasteiger partial charge in [0.25, 0.3) is 0 Å². The smallest absolute Gasteiger partial charge is 0.326 e. The number of fused-ring (bicyclic) bond motifs is 5. The van der Waals surface area contributed by atoms with Crippen LogP contribution in [-0.4, -0.2) is 41.6 Å². The predicted molar refractivity (Wildman–Crippen MR) is 95.7 cm³/mol. The van der Waals surface area contributed by atoms with E-state index in [0.29, 0.717) is 5.56 Å². The Bertz CT molecular complexity index is 817. The minimum atomic E-state index is -0.720. The van der Waals surface area contributed by atoms with Gasteiger partial charge in [-0.05, 0) is 56.6 Å². The van der Waals surface area contributed by atoms with Gasteiger partial charge in [-0.3, -0.25) is 24.1 Å². The molecule has 3 fully saturated rings. The number of aryl methyl sites for hydroxylation is 2. The zero-order valence-electron chi connectivity index (χ0n) is 15.6.